The van der Waals surface area contributed by atoms with Crippen LogP contribution >= 0.6 is 0 Å². The first-order valence-electron chi connectivity index (χ1n) is 8.04. The summed E-state index contributed by atoms with van der Waals surface area (Å²) in [6.07, 6.45) is 0.415. The maximum absolute atomic E-state index is 12.8. The summed E-state index contributed by atoms with van der Waals surface area (Å²) in [5.41, 5.74) is 0.280. The quantitative estimate of drug-likeness (QED) is 0.808. The lowest BCUT2D eigenvalue weighted by atomic mass is 10.0. The van der Waals surface area contributed by atoms with E-state index in [1.165, 1.54) is 6.92 Å². The van der Waals surface area contributed by atoms with Crippen LogP contribution in [0, 0.1) is 19.8 Å². The van der Waals surface area contributed by atoms with Gasteiger partial charge in [0.25, 0.3) is 0 Å². The van der Waals surface area contributed by atoms with Crippen LogP contribution in [-0.4, -0.2) is 56.7 Å². The fraction of sp³-hybridized carbons (Fsp3) is 0.733. The Hall–Kier alpha value is -1.45. The van der Waals surface area contributed by atoms with Crippen LogP contribution in [-0.2, 0) is 19.6 Å². The molecule has 1 fully saturated rings. The molecule has 1 aromatic heterocycles. The van der Waals surface area contributed by atoms with E-state index in [-0.39, 0.29) is 28.2 Å². The minimum atomic E-state index is -3.89. The van der Waals surface area contributed by atoms with Crippen LogP contribution in [0.15, 0.2) is 9.42 Å². The van der Waals surface area contributed by atoms with E-state index in [1.54, 1.807) is 11.8 Å². The number of sulfonamides is 1. The summed E-state index contributed by atoms with van der Waals surface area (Å²) in [6.45, 7) is 8.88. The highest BCUT2D eigenvalue weighted by Crippen LogP contribution is 2.20. The van der Waals surface area contributed by atoms with Crippen molar-refractivity contribution in [2.24, 2.45) is 5.92 Å². The second kappa shape index (κ2) is 7.62. The van der Waals surface area contributed by atoms with Gasteiger partial charge in [0.15, 0.2) is 5.76 Å². The molecule has 1 aliphatic heterocycles. The molecule has 1 aromatic rings. The summed E-state index contributed by atoms with van der Waals surface area (Å²) in [7, 11) is -3.89. The van der Waals surface area contributed by atoms with Gasteiger partial charge < -0.3 is 14.2 Å². The van der Waals surface area contributed by atoms with Gasteiger partial charge in [-0.25, -0.2) is 8.42 Å². The van der Waals surface area contributed by atoms with Crippen molar-refractivity contribution in [3.05, 3.63) is 11.5 Å². The van der Waals surface area contributed by atoms with Gasteiger partial charge in [-0.1, -0.05) is 19.0 Å². The zero-order valence-corrected chi connectivity index (χ0v) is 15.4. The zero-order valence-electron chi connectivity index (χ0n) is 14.5. The van der Waals surface area contributed by atoms with E-state index < -0.39 is 16.1 Å². The van der Waals surface area contributed by atoms with E-state index in [9.17, 15) is 13.2 Å². The third-order valence-corrected chi connectivity index (χ3v) is 5.58. The highest BCUT2D eigenvalue weighted by atomic mass is 32.2. The maximum atomic E-state index is 12.8. The normalized spacial score (nSPS) is 17.3. The van der Waals surface area contributed by atoms with Crippen molar-refractivity contribution >= 4 is 15.9 Å². The lowest BCUT2D eigenvalue weighted by molar-refractivity contribution is -0.137. The summed E-state index contributed by atoms with van der Waals surface area (Å²) < 4.78 is 38.1. The maximum Gasteiger partial charge on any atom is 0.246 e. The van der Waals surface area contributed by atoms with E-state index in [0.29, 0.717) is 32.7 Å². The minimum absolute atomic E-state index is 0.00559. The van der Waals surface area contributed by atoms with Crippen molar-refractivity contribution in [3.8, 4) is 0 Å². The minimum Gasteiger partial charge on any atom is -0.378 e. The van der Waals surface area contributed by atoms with Crippen LogP contribution < -0.4 is 4.72 Å². The average molecular weight is 359 g/mol. The Kier molecular flexibility index (Phi) is 6.00. The van der Waals surface area contributed by atoms with Crippen molar-refractivity contribution in [1.82, 2.24) is 14.8 Å². The van der Waals surface area contributed by atoms with Gasteiger partial charge in [-0.2, -0.15) is 4.72 Å². The number of amides is 1. The molecule has 1 saturated heterocycles. The molecular formula is C15H25N3O5S. The second-order valence-corrected chi connectivity index (χ2v) is 8.05. The number of ether oxygens (including phenoxy) is 1. The molecule has 2 rings (SSSR count). The molecule has 0 bridgehead atoms. The predicted octanol–water partition coefficient (Wildman–Crippen LogP) is 0.843. The van der Waals surface area contributed by atoms with Crippen LogP contribution in [0.5, 0.6) is 0 Å². The SMILES string of the molecule is Cc1noc(C)c1S(=O)(=O)N[C@@H](CC(C)C)C(=O)N1CCOCC1. The lowest BCUT2D eigenvalue weighted by Crippen LogP contribution is -2.52. The summed E-state index contributed by atoms with van der Waals surface area (Å²) in [5.74, 6) is 0.150. The van der Waals surface area contributed by atoms with Crippen molar-refractivity contribution in [2.45, 2.75) is 45.1 Å². The molecule has 8 nitrogen and oxygen atoms in total. The standard InChI is InChI=1S/C15H25N3O5S/c1-10(2)9-13(15(19)18-5-7-22-8-6-18)17-24(20,21)14-11(3)16-23-12(14)4/h10,13,17H,5-9H2,1-4H3/t13-/m0/s1. The Morgan fingerprint density at radius 3 is 2.42 bits per heavy atom. The van der Waals surface area contributed by atoms with Crippen molar-refractivity contribution in [2.75, 3.05) is 26.3 Å². The van der Waals surface area contributed by atoms with E-state index in [1.807, 2.05) is 13.8 Å². The van der Waals surface area contributed by atoms with E-state index in [0.717, 1.165) is 0 Å². The van der Waals surface area contributed by atoms with Crippen LogP contribution in [0.3, 0.4) is 0 Å². The van der Waals surface area contributed by atoms with Gasteiger partial charge >= 0.3 is 0 Å². The van der Waals surface area contributed by atoms with E-state index in [2.05, 4.69) is 9.88 Å². The molecule has 1 aliphatic rings. The van der Waals surface area contributed by atoms with Gasteiger partial charge in [-0.15, -0.1) is 0 Å². The first kappa shape index (κ1) is 18.9. The molecule has 0 radical (unpaired) electrons. The molecule has 1 N–H and O–H groups in total. The van der Waals surface area contributed by atoms with Gasteiger partial charge in [-0.05, 0) is 26.2 Å². The largest absolute Gasteiger partial charge is 0.378 e. The molecule has 136 valence electrons. The highest BCUT2D eigenvalue weighted by molar-refractivity contribution is 7.89. The lowest BCUT2D eigenvalue weighted by Gasteiger charge is -2.31. The molecule has 0 spiro atoms. The fourth-order valence-corrected chi connectivity index (χ4v) is 4.31. The molecule has 0 saturated carbocycles. The zero-order chi connectivity index (χ0) is 17.9. The third kappa shape index (κ3) is 4.34. The fourth-order valence-electron chi connectivity index (χ4n) is 2.78. The first-order valence-corrected chi connectivity index (χ1v) is 9.52. The average Bonchev–Trinajstić information content (AvgIpc) is 2.85. The smallest absolute Gasteiger partial charge is 0.246 e. The Morgan fingerprint density at radius 1 is 1.29 bits per heavy atom. The molecule has 9 heteroatoms. The number of nitrogens with zero attached hydrogens (tertiary/aromatic N) is 2. The number of aryl methyl sites for hydroxylation is 2. The molecular weight excluding hydrogens is 334 g/mol. The number of hydrogen-bond acceptors (Lipinski definition) is 6. The van der Waals surface area contributed by atoms with Crippen molar-refractivity contribution < 1.29 is 22.5 Å². The molecule has 2 heterocycles. The van der Waals surface area contributed by atoms with Crippen LogP contribution in [0.1, 0.15) is 31.7 Å². The second-order valence-electron chi connectivity index (χ2n) is 6.39. The van der Waals surface area contributed by atoms with Crippen molar-refractivity contribution in [1.29, 1.82) is 0 Å². The third-order valence-electron chi connectivity index (χ3n) is 3.86. The highest BCUT2D eigenvalue weighted by Gasteiger charge is 2.33. The molecule has 0 aromatic carbocycles. The molecule has 1 amide bonds. The summed E-state index contributed by atoms with van der Waals surface area (Å²) in [4.78, 5) is 14.4. The number of aromatic nitrogens is 1. The molecule has 24 heavy (non-hydrogen) atoms. The number of carbonyl (C=O) groups is 1. The Bertz CT molecular complexity index is 658. The molecule has 1 atom stereocenters. The number of morpholine rings is 1. The van der Waals surface area contributed by atoms with Gasteiger partial charge in [0.2, 0.25) is 15.9 Å². The number of nitrogens with one attached hydrogen (secondary N) is 1. The van der Waals surface area contributed by atoms with Crippen LogP contribution in [0.2, 0.25) is 0 Å². The summed E-state index contributed by atoms with van der Waals surface area (Å²) in [6, 6.07) is -0.818. The number of carbonyl (C=O) groups excluding carboxylic acids is 1. The number of hydrogen-bond donors (Lipinski definition) is 1. The van der Waals surface area contributed by atoms with Gasteiger partial charge in [0.1, 0.15) is 16.6 Å². The Balaban J connectivity index is 2.23. The van der Waals surface area contributed by atoms with E-state index >= 15 is 0 Å². The summed E-state index contributed by atoms with van der Waals surface area (Å²) in [5, 5.41) is 3.68. The van der Waals surface area contributed by atoms with E-state index in [4.69, 9.17) is 9.26 Å². The number of rotatable bonds is 6. The Labute approximate surface area is 142 Å². The van der Waals surface area contributed by atoms with Gasteiger partial charge in [-0.3, -0.25) is 4.79 Å². The first-order chi connectivity index (χ1) is 11.2. The van der Waals surface area contributed by atoms with Gasteiger partial charge in [0.05, 0.1) is 13.2 Å². The topological polar surface area (TPSA) is 102 Å². The van der Waals surface area contributed by atoms with Crippen molar-refractivity contribution in [3.63, 3.8) is 0 Å². The predicted molar refractivity (Wildman–Crippen MR) is 86.9 cm³/mol. The van der Waals surface area contributed by atoms with Crippen LogP contribution in [0.4, 0.5) is 0 Å². The summed E-state index contributed by atoms with van der Waals surface area (Å²) >= 11 is 0. The monoisotopic (exact) mass is 359 g/mol. The van der Waals surface area contributed by atoms with Crippen LogP contribution in [0.25, 0.3) is 0 Å². The van der Waals surface area contributed by atoms with Gasteiger partial charge in [0, 0.05) is 13.1 Å². The molecule has 0 unspecified atom stereocenters. The molecule has 0 aliphatic carbocycles. The Morgan fingerprint density at radius 2 is 1.92 bits per heavy atom.